The number of hydrogen-bond donors (Lipinski definition) is 1. The van der Waals surface area contributed by atoms with Gasteiger partial charge in [0.15, 0.2) is 0 Å². The summed E-state index contributed by atoms with van der Waals surface area (Å²) >= 11 is 5.81. The maximum Gasteiger partial charge on any atom is 0.146 e. The summed E-state index contributed by atoms with van der Waals surface area (Å²) in [6, 6.07) is 4.91. The molecule has 1 aromatic carbocycles. The molecule has 1 N–H and O–H groups in total. The van der Waals surface area contributed by atoms with Gasteiger partial charge in [-0.1, -0.05) is 24.4 Å². The number of nitrogens with one attached hydrogen (secondary N) is 1. The maximum atomic E-state index is 13.4. The van der Waals surface area contributed by atoms with E-state index in [1.807, 2.05) is 0 Å². The van der Waals surface area contributed by atoms with E-state index in [0.29, 0.717) is 16.8 Å². The Hall–Kier alpha value is -0.760. The van der Waals surface area contributed by atoms with Gasteiger partial charge in [-0.15, -0.1) is 0 Å². The fourth-order valence-electron chi connectivity index (χ4n) is 1.79. The van der Waals surface area contributed by atoms with Crippen molar-refractivity contribution in [3.05, 3.63) is 29.0 Å². The van der Waals surface area contributed by atoms with E-state index in [-0.39, 0.29) is 5.82 Å². The summed E-state index contributed by atoms with van der Waals surface area (Å²) in [5.41, 5.74) is 0.510. The molecule has 0 radical (unpaired) electrons. The first-order valence-electron chi connectivity index (χ1n) is 5.37. The largest absolute Gasteiger partial charge is 0.380 e. The molecule has 0 spiro atoms. The number of anilines is 1. The standard InChI is InChI=1S/C12H15ClFN/c1-8(6-9-2-3-9)15-12-7-10(13)4-5-11(12)14/h4-5,7-9,15H,2-3,6H2,1H3. The van der Waals surface area contributed by atoms with E-state index in [4.69, 9.17) is 11.6 Å². The minimum absolute atomic E-state index is 0.234. The van der Waals surface area contributed by atoms with E-state index in [2.05, 4.69) is 12.2 Å². The van der Waals surface area contributed by atoms with Gasteiger partial charge in [0.25, 0.3) is 0 Å². The molecule has 0 saturated heterocycles. The van der Waals surface area contributed by atoms with E-state index in [9.17, 15) is 4.39 Å². The van der Waals surface area contributed by atoms with Crippen molar-refractivity contribution in [1.29, 1.82) is 0 Å². The highest BCUT2D eigenvalue weighted by Crippen LogP contribution is 2.34. The van der Waals surface area contributed by atoms with Gasteiger partial charge in [-0.25, -0.2) is 4.39 Å². The molecule has 82 valence electrons. The number of halogens is 2. The normalized spacial score (nSPS) is 17.5. The second kappa shape index (κ2) is 4.40. The Morgan fingerprint density at radius 1 is 1.53 bits per heavy atom. The van der Waals surface area contributed by atoms with Gasteiger partial charge < -0.3 is 5.32 Å². The molecule has 0 heterocycles. The van der Waals surface area contributed by atoms with Gasteiger partial charge in [0.2, 0.25) is 0 Å². The second-order valence-electron chi connectivity index (χ2n) is 4.35. The molecular weight excluding hydrogens is 213 g/mol. The smallest absolute Gasteiger partial charge is 0.146 e. The lowest BCUT2D eigenvalue weighted by Gasteiger charge is -2.15. The first kappa shape index (κ1) is 10.7. The summed E-state index contributed by atoms with van der Waals surface area (Å²) < 4.78 is 13.4. The molecule has 2 rings (SSSR count). The maximum absolute atomic E-state index is 13.4. The van der Waals surface area contributed by atoms with Crippen molar-refractivity contribution in [3.63, 3.8) is 0 Å². The van der Waals surface area contributed by atoms with Gasteiger partial charge in [-0.2, -0.15) is 0 Å². The lowest BCUT2D eigenvalue weighted by atomic mass is 10.1. The highest BCUT2D eigenvalue weighted by Gasteiger charge is 2.23. The molecule has 0 aliphatic heterocycles. The molecule has 1 unspecified atom stereocenters. The van der Waals surface area contributed by atoms with Crippen molar-refractivity contribution in [2.45, 2.75) is 32.2 Å². The Morgan fingerprint density at radius 2 is 2.27 bits per heavy atom. The van der Waals surface area contributed by atoms with Gasteiger partial charge in [-0.05, 0) is 37.5 Å². The predicted molar refractivity (Wildman–Crippen MR) is 61.8 cm³/mol. The monoisotopic (exact) mass is 227 g/mol. The lowest BCUT2D eigenvalue weighted by Crippen LogP contribution is -2.16. The summed E-state index contributed by atoms with van der Waals surface area (Å²) in [4.78, 5) is 0. The minimum Gasteiger partial charge on any atom is -0.380 e. The third kappa shape index (κ3) is 3.10. The van der Waals surface area contributed by atoms with E-state index in [1.54, 1.807) is 12.1 Å². The fourth-order valence-corrected chi connectivity index (χ4v) is 1.96. The van der Waals surface area contributed by atoms with Crippen LogP contribution in [0.2, 0.25) is 5.02 Å². The molecule has 0 bridgehead atoms. The summed E-state index contributed by atoms with van der Waals surface area (Å²) in [5, 5.41) is 3.73. The molecule has 0 amide bonds. The van der Waals surface area contributed by atoms with Gasteiger partial charge in [-0.3, -0.25) is 0 Å². The second-order valence-corrected chi connectivity index (χ2v) is 4.79. The zero-order chi connectivity index (χ0) is 10.8. The Morgan fingerprint density at radius 3 is 2.93 bits per heavy atom. The Labute approximate surface area is 94.6 Å². The van der Waals surface area contributed by atoms with Crippen LogP contribution in [0.1, 0.15) is 26.2 Å². The third-order valence-corrected chi connectivity index (χ3v) is 2.95. The average molecular weight is 228 g/mol. The summed E-state index contributed by atoms with van der Waals surface area (Å²) in [7, 11) is 0. The predicted octanol–water partition coefficient (Wildman–Crippen LogP) is 4.08. The van der Waals surface area contributed by atoms with Crippen molar-refractivity contribution in [2.75, 3.05) is 5.32 Å². The molecule has 15 heavy (non-hydrogen) atoms. The molecule has 0 aromatic heterocycles. The molecule has 1 nitrogen and oxygen atoms in total. The Kier molecular flexibility index (Phi) is 3.15. The van der Waals surface area contributed by atoms with E-state index < -0.39 is 0 Å². The van der Waals surface area contributed by atoms with Crippen molar-refractivity contribution in [3.8, 4) is 0 Å². The molecule has 1 aromatic rings. The van der Waals surface area contributed by atoms with E-state index >= 15 is 0 Å². The zero-order valence-electron chi connectivity index (χ0n) is 8.76. The Bertz CT molecular complexity index is 349. The van der Waals surface area contributed by atoms with E-state index in [0.717, 1.165) is 12.3 Å². The van der Waals surface area contributed by atoms with Crippen LogP contribution in [-0.4, -0.2) is 6.04 Å². The Balaban J connectivity index is 1.98. The third-order valence-electron chi connectivity index (χ3n) is 2.71. The minimum atomic E-state index is -0.234. The summed E-state index contributed by atoms with van der Waals surface area (Å²) in [6.07, 6.45) is 3.76. The van der Waals surface area contributed by atoms with Crippen molar-refractivity contribution in [2.24, 2.45) is 5.92 Å². The van der Waals surface area contributed by atoms with Crippen LogP contribution < -0.4 is 5.32 Å². The molecular formula is C12H15ClFN. The summed E-state index contributed by atoms with van der Waals surface area (Å²) in [6.45, 7) is 2.08. The first-order valence-corrected chi connectivity index (χ1v) is 5.74. The van der Waals surface area contributed by atoms with Crippen molar-refractivity contribution < 1.29 is 4.39 Å². The van der Waals surface area contributed by atoms with Crippen LogP contribution in [0.3, 0.4) is 0 Å². The van der Waals surface area contributed by atoms with Crippen LogP contribution in [0.4, 0.5) is 10.1 Å². The van der Waals surface area contributed by atoms with Crippen LogP contribution in [0.25, 0.3) is 0 Å². The van der Waals surface area contributed by atoms with Gasteiger partial charge in [0.1, 0.15) is 5.82 Å². The molecule has 1 atom stereocenters. The highest BCUT2D eigenvalue weighted by molar-refractivity contribution is 6.30. The van der Waals surface area contributed by atoms with Crippen LogP contribution in [0.5, 0.6) is 0 Å². The topological polar surface area (TPSA) is 12.0 Å². The fraction of sp³-hybridized carbons (Fsp3) is 0.500. The molecule has 1 aliphatic rings. The van der Waals surface area contributed by atoms with Gasteiger partial charge >= 0.3 is 0 Å². The van der Waals surface area contributed by atoms with Crippen LogP contribution in [-0.2, 0) is 0 Å². The molecule has 1 aliphatic carbocycles. The molecule has 1 fully saturated rings. The van der Waals surface area contributed by atoms with Crippen LogP contribution >= 0.6 is 11.6 Å². The van der Waals surface area contributed by atoms with Gasteiger partial charge in [0, 0.05) is 11.1 Å². The number of rotatable bonds is 4. The average Bonchev–Trinajstić information content (AvgIpc) is 2.95. The summed E-state index contributed by atoms with van der Waals surface area (Å²) in [5.74, 6) is 0.608. The SMILES string of the molecule is CC(CC1CC1)Nc1cc(Cl)ccc1F. The van der Waals surface area contributed by atoms with Crippen molar-refractivity contribution >= 4 is 17.3 Å². The van der Waals surface area contributed by atoms with Gasteiger partial charge in [0.05, 0.1) is 5.69 Å². The lowest BCUT2D eigenvalue weighted by molar-refractivity contribution is 0.610. The quantitative estimate of drug-likeness (QED) is 0.817. The first-order chi connectivity index (χ1) is 7.15. The molecule has 1 saturated carbocycles. The number of benzene rings is 1. The van der Waals surface area contributed by atoms with Crippen LogP contribution in [0, 0.1) is 11.7 Å². The highest BCUT2D eigenvalue weighted by atomic mass is 35.5. The van der Waals surface area contributed by atoms with Crippen LogP contribution in [0.15, 0.2) is 18.2 Å². The van der Waals surface area contributed by atoms with Crippen molar-refractivity contribution in [1.82, 2.24) is 0 Å². The number of hydrogen-bond acceptors (Lipinski definition) is 1. The van der Waals surface area contributed by atoms with E-state index in [1.165, 1.54) is 18.9 Å². The zero-order valence-corrected chi connectivity index (χ0v) is 9.52. The molecule has 3 heteroatoms.